The first-order valence-corrected chi connectivity index (χ1v) is 5.39. The highest BCUT2D eigenvalue weighted by Gasteiger charge is 2.09. The van der Waals surface area contributed by atoms with Gasteiger partial charge in [-0.1, -0.05) is 23.2 Å². The molecule has 70 valence electrons. The van der Waals surface area contributed by atoms with Gasteiger partial charge in [0.1, 0.15) is 5.15 Å². The number of halogens is 2. The van der Waals surface area contributed by atoms with Crippen LogP contribution in [0.2, 0.25) is 9.49 Å². The largest absolute Gasteiger partial charge is 0.243 e. The van der Waals surface area contributed by atoms with Gasteiger partial charge in [0, 0.05) is 11.6 Å². The van der Waals surface area contributed by atoms with E-state index in [0.29, 0.717) is 15.9 Å². The van der Waals surface area contributed by atoms with Crippen LogP contribution >= 0.6 is 34.5 Å². The Labute approximate surface area is 94.7 Å². The third-order valence-electron chi connectivity index (χ3n) is 1.84. The lowest BCUT2D eigenvalue weighted by molar-refractivity contribution is 1.23. The van der Waals surface area contributed by atoms with E-state index in [1.165, 1.54) is 11.3 Å². The summed E-state index contributed by atoms with van der Waals surface area (Å²) >= 11 is 13.2. The number of aromatic nitrogens is 1. The van der Waals surface area contributed by atoms with E-state index in [4.69, 9.17) is 28.5 Å². The number of nitriles is 1. The molecule has 0 fully saturated rings. The Balaban J connectivity index is 2.75. The standard InChI is InChI=1S/C9H4Cl2N2S/c10-7-3-6-5(1-2-12)4-13-9(11)8(6)14-7/h3-4H,1H2. The number of nitrogens with zero attached hydrogens (tertiary/aromatic N) is 2. The topological polar surface area (TPSA) is 36.7 Å². The molecule has 14 heavy (non-hydrogen) atoms. The van der Waals surface area contributed by atoms with E-state index in [9.17, 15) is 0 Å². The van der Waals surface area contributed by atoms with Crippen molar-refractivity contribution in [1.82, 2.24) is 4.98 Å². The van der Waals surface area contributed by atoms with Crippen molar-refractivity contribution in [1.29, 1.82) is 5.26 Å². The first-order valence-electron chi connectivity index (χ1n) is 3.81. The molecule has 2 aromatic heterocycles. The average molecular weight is 243 g/mol. The fourth-order valence-electron chi connectivity index (χ4n) is 1.24. The van der Waals surface area contributed by atoms with E-state index >= 15 is 0 Å². The average Bonchev–Trinajstić information content (AvgIpc) is 2.53. The SMILES string of the molecule is N#CCc1cnc(Cl)c2sc(Cl)cc12. The highest BCUT2D eigenvalue weighted by Crippen LogP contribution is 2.35. The molecule has 0 amide bonds. The molecular formula is C9H4Cl2N2S. The second-order valence-electron chi connectivity index (χ2n) is 2.70. The molecule has 5 heteroatoms. The van der Waals surface area contributed by atoms with Crippen molar-refractivity contribution in [2.45, 2.75) is 6.42 Å². The number of thiophene rings is 1. The molecule has 2 nitrogen and oxygen atoms in total. The highest BCUT2D eigenvalue weighted by molar-refractivity contribution is 7.23. The molecule has 0 radical (unpaired) electrons. The highest BCUT2D eigenvalue weighted by atomic mass is 35.5. The van der Waals surface area contributed by atoms with Crippen molar-refractivity contribution in [2.24, 2.45) is 0 Å². The van der Waals surface area contributed by atoms with Gasteiger partial charge in [-0.15, -0.1) is 11.3 Å². The van der Waals surface area contributed by atoms with Gasteiger partial charge in [0.05, 0.1) is 21.5 Å². The monoisotopic (exact) mass is 242 g/mol. The summed E-state index contributed by atoms with van der Waals surface area (Å²) in [6.45, 7) is 0. The van der Waals surface area contributed by atoms with Crippen LogP contribution in [0.25, 0.3) is 10.1 Å². The van der Waals surface area contributed by atoms with Gasteiger partial charge >= 0.3 is 0 Å². The quantitative estimate of drug-likeness (QED) is 0.716. The first kappa shape index (κ1) is 9.72. The van der Waals surface area contributed by atoms with E-state index in [2.05, 4.69) is 11.1 Å². The van der Waals surface area contributed by atoms with E-state index < -0.39 is 0 Å². The van der Waals surface area contributed by atoms with Gasteiger partial charge in [-0.3, -0.25) is 0 Å². The van der Waals surface area contributed by atoms with Crippen LogP contribution in [0, 0.1) is 11.3 Å². The van der Waals surface area contributed by atoms with Gasteiger partial charge < -0.3 is 0 Å². The predicted octanol–water partition coefficient (Wildman–Crippen LogP) is 3.67. The molecule has 0 saturated heterocycles. The number of pyridine rings is 1. The number of rotatable bonds is 1. The lowest BCUT2D eigenvalue weighted by Crippen LogP contribution is -1.85. The Morgan fingerprint density at radius 1 is 1.50 bits per heavy atom. The number of fused-ring (bicyclic) bond motifs is 1. The molecule has 2 aromatic rings. The van der Waals surface area contributed by atoms with Crippen LogP contribution in [-0.2, 0) is 6.42 Å². The van der Waals surface area contributed by atoms with Crippen molar-refractivity contribution >= 4 is 44.6 Å². The van der Waals surface area contributed by atoms with Gasteiger partial charge in [-0.25, -0.2) is 4.98 Å². The fraction of sp³-hybridized carbons (Fsp3) is 0.111. The zero-order valence-corrected chi connectivity index (χ0v) is 9.25. The summed E-state index contributed by atoms with van der Waals surface area (Å²) < 4.78 is 1.51. The Morgan fingerprint density at radius 2 is 2.29 bits per heavy atom. The smallest absolute Gasteiger partial charge is 0.146 e. The van der Waals surface area contributed by atoms with Crippen LogP contribution in [0.15, 0.2) is 12.3 Å². The number of hydrogen-bond donors (Lipinski definition) is 0. The molecular weight excluding hydrogens is 239 g/mol. The van der Waals surface area contributed by atoms with Gasteiger partial charge in [-0.05, 0) is 11.6 Å². The molecule has 0 saturated carbocycles. The van der Waals surface area contributed by atoms with Gasteiger partial charge in [0.25, 0.3) is 0 Å². The van der Waals surface area contributed by atoms with Crippen LogP contribution in [0.1, 0.15) is 5.56 Å². The van der Waals surface area contributed by atoms with E-state index in [1.54, 1.807) is 6.20 Å². The molecule has 0 aliphatic rings. The maximum absolute atomic E-state index is 8.61. The van der Waals surface area contributed by atoms with E-state index in [0.717, 1.165) is 15.6 Å². The van der Waals surface area contributed by atoms with Gasteiger partial charge in [0.2, 0.25) is 0 Å². The summed E-state index contributed by atoms with van der Waals surface area (Å²) in [7, 11) is 0. The Morgan fingerprint density at radius 3 is 3.00 bits per heavy atom. The Bertz CT molecular complexity index is 527. The van der Waals surface area contributed by atoms with Crippen LogP contribution < -0.4 is 0 Å². The minimum atomic E-state index is 0.327. The minimum Gasteiger partial charge on any atom is -0.243 e. The maximum atomic E-state index is 8.61. The molecule has 0 bridgehead atoms. The van der Waals surface area contributed by atoms with Crippen molar-refractivity contribution in [3.8, 4) is 6.07 Å². The van der Waals surface area contributed by atoms with Gasteiger partial charge in [0.15, 0.2) is 0 Å². The lowest BCUT2D eigenvalue weighted by atomic mass is 10.1. The third kappa shape index (κ3) is 1.57. The second kappa shape index (κ2) is 3.74. The maximum Gasteiger partial charge on any atom is 0.146 e. The second-order valence-corrected chi connectivity index (χ2v) is 4.74. The van der Waals surface area contributed by atoms with Crippen LogP contribution in [0.5, 0.6) is 0 Å². The van der Waals surface area contributed by atoms with E-state index in [1.807, 2.05) is 6.07 Å². The molecule has 2 heterocycles. The molecule has 0 atom stereocenters. The van der Waals surface area contributed by atoms with Crippen molar-refractivity contribution in [2.75, 3.05) is 0 Å². The molecule has 0 spiro atoms. The normalized spacial score (nSPS) is 10.4. The molecule has 0 aliphatic carbocycles. The Kier molecular flexibility index (Phi) is 2.60. The molecule has 2 rings (SSSR count). The summed E-state index contributed by atoms with van der Waals surface area (Å²) in [4.78, 5) is 4.01. The minimum absolute atomic E-state index is 0.327. The van der Waals surface area contributed by atoms with Crippen molar-refractivity contribution in [3.63, 3.8) is 0 Å². The van der Waals surface area contributed by atoms with Crippen LogP contribution in [0.4, 0.5) is 0 Å². The summed E-state index contributed by atoms with van der Waals surface area (Å²) in [6.07, 6.45) is 1.95. The molecule has 0 aliphatic heterocycles. The number of hydrogen-bond acceptors (Lipinski definition) is 3. The summed E-state index contributed by atoms with van der Waals surface area (Å²) in [6, 6.07) is 3.90. The zero-order valence-electron chi connectivity index (χ0n) is 6.92. The summed E-state index contributed by atoms with van der Waals surface area (Å²) in [5, 5.41) is 9.99. The van der Waals surface area contributed by atoms with E-state index in [-0.39, 0.29) is 0 Å². The first-order chi connectivity index (χ1) is 6.72. The lowest BCUT2D eigenvalue weighted by Gasteiger charge is -1.97. The van der Waals surface area contributed by atoms with Gasteiger partial charge in [-0.2, -0.15) is 5.26 Å². The third-order valence-corrected chi connectivity index (χ3v) is 3.51. The summed E-state index contributed by atoms with van der Waals surface area (Å²) in [5.41, 5.74) is 0.870. The predicted molar refractivity (Wildman–Crippen MR) is 59.0 cm³/mol. The summed E-state index contributed by atoms with van der Waals surface area (Å²) in [5.74, 6) is 0. The fourth-order valence-corrected chi connectivity index (χ4v) is 2.66. The zero-order chi connectivity index (χ0) is 10.1. The van der Waals surface area contributed by atoms with Crippen LogP contribution in [0.3, 0.4) is 0 Å². The van der Waals surface area contributed by atoms with Crippen molar-refractivity contribution in [3.05, 3.63) is 27.3 Å². The molecule has 0 aromatic carbocycles. The Hall–Kier alpha value is -0.820. The molecule has 0 N–H and O–H groups in total. The van der Waals surface area contributed by atoms with Crippen LogP contribution in [-0.4, -0.2) is 4.98 Å². The van der Waals surface area contributed by atoms with Crippen molar-refractivity contribution < 1.29 is 0 Å². The molecule has 0 unspecified atom stereocenters.